The second-order valence-corrected chi connectivity index (χ2v) is 7.22. The predicted octanol–water partition coefficient (Wildman–Crippen LogP) is 4.17. The van der Waals surface area contributed by atoms with E-state index in [9.17, 15) is 9.59 Å². The summed E-state index contributed by atoms with van der Waals surface area (Å²) in [6.07, 6.45) is 1.66. The van der Waals surface area contributed by atoms with Crippen LogP contribution in [-0.2, 0) is 9.59 Å². The van der Waals surface area contributed by atoms with Gasteiger partial charge in [0.25, 0.3) is 5.91 Å². The molecule has 2 aromatic carbocycles. The number of esters is 1. The van der Waals surface area contributed by atoms with Crippen molar-refractivity contribution < 1.29 is 23.8 Å². The van der Waals surface area contributed by atoms with Gasteiger partial charge in [-0.3, -0.25) is 9.59 Å². The van der Waals surface area contributed by atoms with Crippen molar-refractivity contribution in [1.82, 2.24) is 5.32 Å². The summed E-state index contributed by atoms with van der Waals surface area (Å²) < 4.78 is 15.8. The van der Waals surface area contributed by atoms with Crippen LogP contribution in [0.4, 0.5) is 5.69 Å². The summed E-state index contributed by atoms with van der Waals surface area (Å²) in [5, 5.41) is 3.62. The monoisotopic (exact) mass is 432 g/mol. The fraction of sp³-hybridized carbons (Fsp3) is 0.150. The van der Waals surface area contributed by atoms with Crippen molar-refractivity contribution in [3.05, 3.63) is 51.9 Å². The number of ether oxygens (including phenoxy) is 3. The molecule has 0 spiro atoms. The molecule has 0 radical (unpaired) electrons. The zero-order chi connectivity index (χ0) is 21.0. The van der Waals surface area contributed by atoms with Gasteiger partial charge in [-0.2, -0.15) is 0 Å². The quantitative estimate of drug-likeness (QED) is 0.433. The van der Waals surface area contributed by atoms with Crippen LogP contribution in [0.25, 0.3) is 6.08 Å². The Hall–Kier alpha value is -2.97. The van der Waals surface area contributed by atoms with E-state index in [1.54, 1.807) is 36.4 Å². The Morgan fingerprint density at radius 1 is 1.17 bits per heavy atom. The number of amides is 1. The van der Waals surface area contributed by atoms with Gasteiger partial charge in [-0.15, -0.1) is 0 Å². The summed E-state index contributed by atoms with van der Waals surface area (Å²) >= 11 is 7.30. The van der Waals surface area contributed by atoms with Crippen LogP contribution in [0.3, 0.4) is 0 Å². The molecule has 1 amide bonds. The van der Waals surface area contributed by atoms with Crippen molar-refractivity contribution in [3.63, 3.8) is 0 Å². The molecule has 0 unspecified atom stereocenters. The van der Waals surface area contributed by atoms with Gasteiger partial charge in [-0.1, -0.05) is 23.7 Å². The molecule has 0 saturated carbocycles. The number of nitrogens with one attached hydrogen (secondary N) is 1. The first-order chi connectivity index (χ1) is 13.9. The first-order valence-electron chi connectivity index (χ1n) is 8.40. The molecule has 1 saturated heterocycles. The molecule has 9 heteroatoms. The van der Waals surface area contributed by atoms with E-state index in [0.29, 0.717) is 37.8 Å². The number of amidine groups is 1. The summed E-state index contributed by atoms with van der Waals surface area (Å²) in [4.78, 5) is 28.5. The van der Waals surface area contributed by atoms with Crippen LogP contribution in [-0.4, -0.2) is 31.3 Å². The fourth-order valence-electron chi connectivity index (χ4n) is 2.51. The number of nitrogens with zero attached hydrogens (tertiary/aromatic N) is 1. The lowest BCUT2D eigenvalue weighted by Gasteiger charge is -2.13. The number of carbonyl (C=O) groups excluding carboxylic acids is 2. The van der Waals surface area contributed by atoms with Crippen molar-refractivity contribution in [2.45, 2.75) is 6.92 Å². The molecule has 1 fully saturated rings. The number of hydrogen-bond acceptors (Lipinski definition) is 7. The Morgan fingerprint density at radius 2 is 1.83 bits per heavy atom. The number of halogens is 1. The standard InChI is InChI=1S/C20H17ClN2O5S/c1-11(24)28-18-15(26-2)8-12(9-16(18)27-3)10-17-19(25)23-20(29-17)22-14-7-5-4-6-13(14)21/h4-10H,1-3H3,(H,22,23,25)/b17-10+. The maximum absolute atomic E-state index is 12.3. The minimum absolute atomic E-state index is 0.175. The van der Waals surface area contributed by atoms with Gasteiger partial charge in [-0.05, 0) is 47.7 Å². The lowest BCUT2D eigenvalue weighted by molar-refractivity contribution is -0.132. The summed E-state index contributed by atoms with van der Waals surface area (Å²) in [6.45, 7) is 1.29. The third kappa shape index (κ3) is 4.90. The highest BCUT2D eigenvalue weighted by molar-refractivity contribution is 8.18. The third-order valence-electron chi connectivity index (χ3n) is 3.75. The molecule has 0 atom stereocenters. The Bertz CT molecular complexity index is 1010. The van der Waals surface area contributed by atoms with Crippen molar-refractivity contribution in [2.24, 2.45) is 4.99 Å². The zero-order valence-corrected chi connectivity index (χ0v) is 17.4. The molecular formula is C20H17ClN2O5S. The van der Waals surface area contributed by atoms with Gasteiger partial charge < -0.3 is 19.5 Å². The minimum Gasteiger partial charge on any atom is -0.493 e. The Morgan fingerprint density at radius 3 is 2.41 bits per heavy atom. The molecule has 2 aromatic rings. The Balaban J connectivity index is 1.93. The van der Waals surface area contributed by atoms with E-state index in [1.165, 1.54) is 32.9 Å². The Kier molecular flexibility index (Phi) is 6.46. The average molecular weight is 433 g/mol. The first kappa shape index (κ1) is 20.8. The van der Waals surface area contributed by atoms with E-state index >= 15 is 0 Å². The summed E-state index contributed by atoms with van der Waals surface area (Å²) in [5.41, 5.74) is 1.19. The van der Waals surface area contributed by atoms with Crippen LogP contribution in [0.2, 0.25) is 5.02 Å². The van der Waals surface area contributed by atoms with Crippen LogP contribution in [0, 0.1) is 0 Å². The molecule has 1 aliphatic heterocycles. The van der Waals surface area contributed by atoms with E-state index in [1.807, 2.05) is 6.07 Å². The summed E-state index contributed by atoms with van der Waals surface area (Å²) in [5.74, 6) is -0.00432. The SMILES string of the molecule is COc1cc(/C=C2/SC(=Nc3ccccc3Cl)NC2=O)cc(OC)c1OC(C)=O. The predicted molar refractivity (Wildman–Crippen MR) is 113 cm³/mol. The molecule has 7 nitrogen and oxygen atoms in total. The van der Waals surface area contributed by atoms with Crippen molar-refractivity contribution in [3.8, 4) is 17.2 Å². The fourth-order valence-corrected chi connectivity index (χ4v) is 3.52. The second kappa shape index (κ2) is 9.02. The second-order valence-electron chi connectivity index (χ2n) is 5.78. The van der Waals surface area contributed by atoms with Crippen molar-refractivity contribution in [1.29, 1.82) is 0 Å². The van der Waals surface area contributed by atoms with Crippen LogP contribution in [0.15, 0.2) is 46.3 Å². The third-order valence-corrected chi connectivity index (χ3v) is 4.98. The number of hydrogen-bond donors (Lipinski definition) is 1. The highest BCUT2D eigenvalue weighted by Crippen LogP contribution is 2.40. The highest BCUT2D eigenvalue weighted by atomic mass is 35.5. The van der Waals surface area contributed by atoms with Gasteiger partial charge >= 0.3 is 5.97 Å². The van der Waals surface area contributed by atoms with Gasteiger partial charge in [0.15, 0.2) is 16.7 Å². The maximum atomic E-state index is 12.3. The number of benzene rings is 2. The zero-order valence-electron chi connectivity index (χ0n) is 15.8. The first-order valence-corrected chi connectivity index (χ1v) is 9.59. The number of carbonyl (C=O) groups is 2. The van der Waals surface area contributed by atoms with E-state index in [0.717, 1.165) is 0 Å². The highest BCUT2D eigenvalue weighted by Gasteiger charge is 2.25. The van der Waals surface area contributed by atoms with E-state index in [2.05, 4.69) is 10.3 Å². The van der Waals surface area contributed by atoms with Gasteiger partial charge in [0, 0.05) is 6.92 Å². The smallest absolute Gasteiger partial charge is 0.308 e. The van der Waals surface area contributed by atoms with Crippen LogP contribution < -0.4 is 19.5 Å². The molecule has 1 N–H and O–H groups in total. The number of thioether (sulfide) groups is 1. The van der Waals surface area contributed by atoms with Gasteiger partial charge in [-0.25, -0.2) is 4.99 Å². The van der Waals surface area contributed by atoms with Gasteiger partial charge in [0.05, 0.1) is 29.8 Å². The molecular weight excluding hydrogens is 416 g/mol. The molecule has 3 rings (SSSR count). The van der Waals surface area contributed by atoms with Gasteiger partial charge in [0.2, 0.25) is 5.75 Å². The topological polar surface area (TPSA) is 86.2 Å². The van der Waals surface area contributed by atoms with E-state index in [4.69, 9.17) is 25.8 Å². The van der Waals surface area contributed by atoms with Crippen LogP contribution >= 0.6 is 23.4 Å². The molecule has 29 heavy (non-hydrogen) atoms. The largest absolute Gasteiger partial charge is 0.493 e. The lowest BCUT2D eigenvalue weighted by Crippen LogP contribution is -2.19. The van der Waals surface area contributed by atoms with Crippen molar-refractivity contribution >= 4 is 52.2 Å². The van der Waals surface area contributed by atoms with Gasteiger partial charge in [0.1, 0.15) is 0 Å². The minimum atomic E-state index is -0.501. The molecule has 1 heterocycles. The number of para-hydroxylation sites is 1. The van der Waals surface area contributed by atoms with Crippen molar-refractivity contribution in [2.75, 3.05) is 14.2 Å². The van der Waals surface area contributed by atoms with E-state index < -0.39 is 5.97 Å². The number of rotatable bonds is 5. The average Bonchev–Trinajstić information content (AvgIpc) is 3.03. The molecule has 0 bridgehead atoms. The normalized spacial score (nSPS) is 16.1. The number of methoxy groups -OCH3 is 2. The Labute approximate surface area is 176 Å². The molecule has 150 valence electrons. The molecule has 0 aromatic heterocycles. The summed E-state index contributed by atoms with van der Waals surface area (Å²) in [6, 6.07) is 10.4. The van der Waals surface area contributed by atoms with Crippen LogP contribution in [0.5, 0.6) is 17.2 Å². The molecule has 1 aliphatic rings. The van der Waals surface area contributed by atoms with Crippen LogP contribution in [0.1, 0.15) is 12.5 Å². The summed E-state index contributed by atoms with van der Waals surface area (Å²) in [7, 11) is 2.90. The van der Waals surface area contributed by atoms with E-state index in [-0.39, 0.29) is 11.7 Å². The molecule has 0 aliphatic carbocycles. The maximum Gasteiger partial charge on any atom is 0.308 e. The number of aliphatic imine (C=N–C) groups is 1. The lowest BCUT2D eigenvalue weighted by atomic mass is 10.1.